The van der Waals surface area contributed by atoms with Crippen molar-refractivity contribution in [2.45, 2.75) is 0 Å². The van der Waals surface area contributed by atoms with Gasteiger partial charge in [-0.15, -0.1) is 0 Å². The number of carbonyl (C=O) groups is 1. The van der Waals surface area contributed by atoms with E-state index in [4.69, 9.17) is 18.0 Å². The van der Waals surface area contributed by atoms with Gasteiger partial charge in [0.05, 0.1) is 0 Å². The van der Waals surface area contributed by atoms with Gasteiger partial charge in [0.25, 0.3) is 5.91 Å². The van der Waals surface area contributed by atoms with Crippen LogP contribution >= 0.6 is 12.2 Å². The predicted molar refractivity (Wildman–Crippen MR) is 71.3 cm³/mol. The molecule has 7 heteroatoms. The molecule has 0 aliphatic heterocycles. The van der Waals surface area contributed by atoms with Crippen LogP contribution in [0, 0.1) is 0 Å². The van der Waals surface area contributed by atoms with Crippen molar-refractivity contribution >= 4 is 29.1 Å². The normalized spacial score (nSPS) is 10.1. The number of nitrogens with two attached hydrogens (primary N) is 1. The van der Waals surface area contributed by atoms with Crippen LogP contribution < -0.4 is 11.1 Å². The summed E-state index contributed by atoms with van der Waals surface area (Å²) in [5.41, 5.74) is 6.34. The highest BCUT2D eigenvalue weighted by Gasteiger charge is 2.11. The van der Waals surface area contributed by atoms with E-state index in [-0.39, 0.29) is 16.6 Å². The Balaban J connectivity index is 2.21. The third-order valence-electron chi connectivity index (χ3n) is 2.32. The molecule has 0 aromatic carbocycles. The van der Waals surface area contributed by atoms with E-state index in [9.17, 15) is 4.79 Å². The molecule has 0 saturated carbocycles. The summed E-state index contributed by atoms with van der Waals surface area (Å²) in [5.74, 6) is 0.0879. The Hall–Kier alpha value is -2.28. The van der Waals surface area contributed by atoms with Crippen LogP contribution in [0.5, 0.6) is 0 Å². The highest BCUT2D eigenvalue weighted by Crippen LogP contribution is 2.06. The van der Waals surface area contributed by atoms with Crippen LogP contribution in [-0.4, -0.2) is 25.4 Å². The molecule has 0 radical (unpaired) electrons. The van der Waals surface area contributed by atoms with Gasteiger partial charge in [-0.3, -0.25) is 15.1 Å². The zero-order valence-corrected chi connectivity index (χ0v) is 10.4. The van der Waals surface area contributed by atoms with E-state index >= 15 is 0 Å². The van der Waals surface area contributed by atoms with E-state index in [2.05, 4.69) is 15.3 Å². The number of hydrogen-bond acceptors (Lipinski definition) is 4. The molecule has 1 amide bonds. The van der Waals surface area contributed by atoms with Gasteiger partial charge in [-0.25, -0.2) is 4.98 Å². The molecule has 0 aliphatic rings. The van der Waals surface area contributed by atoms with Crippen LogP contribution in [0.2, 0.25) is 0 Å². The quantitative estimate of drug-likeness (QED) is 0.794. The smallest absolute Gasteiger partial charge is 0.276 e. The van der Waals surface area contributed by atoms with E-state index in [1.807, 2.05) is 0 Å². The van der Waals surface area contributed by atoms with Crippen molar-refractivity contribution < 1.29 is 4.79 Å². The van der Waals surface area contributed by atoms with E-state index in [0.717, 1.165) is 0 Å². The van der Waals surface area contributed by atoms with Crippen molar-refractivity contribution in [2.24, 2.45) is 12.8 Å². The minimum absolute atomic E-state index is 0.225. The van der Waals surface area contributed by atoms with Crippen molar-refractivity contribution in [2.75, 3.05) is 5.32 Å². The summed E-state index contributed by atoms with van der Waals surface area (Å²) in [6.45, 7) is 0. The summed E-state index contributed by atoms with van der Waals surface area (Å²) in [6.07, 6.45) is 4.81. The van der Waals surface area contributed by atoms with Crippen molar-refractivity contribution in [1.82, 2.24) is 14.5 Å². The molecule has 3 N–H and O–H groups in total. The van der Waals surface area contributed by atoms with Crippen molar-refractivity contribution in [1.29, 1.82) is 0 Å². The highest BCUT2D eigenvalue weighted by atomic mass is 32.1. The summed E-state index contributed by atoms with van der Waals surface area (Å²) < 4.78 is 1.69. The first kappa shape index (κ1) is 12.2. The summed E-state index contributed by atoms with van der Waals surface area (Å²) in [6, 6.07) is 3.19. The molecule has 0 bridgehead atoms. The molecule has 2 heterocycles. The van der Waals surface area contributed by atoms with Gasteiger partial charge >= 0.3 is 0 Å². The first-order chi connectivity index (χ1) is 8.58. The lowest BCUT2D eigenvalue weighted by Crippen LogP contribution is -2.18. The highest BCUT2D eigenvalue weighted by molar-refractivity contribution is 7.80. The Labute approximate surface area is 109 Å². The van der Waals surface area contributed by atoms with Crippen LogP contribution in [0.25, 0.3) is 0 Å². The Morgan fingerprint density at radius 2 is 2.22 bits per heavy atom. The SMILES string of the molecule is Cn1ccnc1NC(=O)c1cc(C(N)=S)ccn1. The summed E-state index contributed by atoms with van der Waals surface area (Å²) in [4.78, 5) is 20.1. The monoisotopic (exact) mass is 261 g/mol. The van der Waals surface area contributed by atoms with Crippen molar-refractivity contribution in [3.05, 3.63) is 42.0 Å². The zero-order chi connectivity index (χ0) is 13.1. The van der Waals surface area contributed by atoms with E-state index in [1.54, 1.807) is 36.1 Å². The number of imidazole rings is 1. The molecule has 2 aromatic rings. The first-order valence-electron chi connectivity index (χ1n) is 5.12. The molecule has 0 saturated heterocycles. The first-order valence-corrected chi connectivity index (χ1v) is 5.53. The molecule has 2 rings (SSSR count). The van der Waals surface area contributed by atoms with Gasteiger partial charge in [-0.2, -0.15) is 0 Å². The number of pyridine rings is 1. The number of nitrogens with one attached hydrogen (secondary N) is 1. The molecule has 0 aliphatic carbocycles. The topological polar surface area (TPSA) is 85.8 Å². The van der Waals surface area contributed by atoms with E-state index in [1.165, 1.54) is 6.20 Å². The van der Waals surface area contributed by atoms with Crippen LogP contribution in [0.4, 0.5) is 5.95 Å². The molecule has 6 nitrogen and oxygen atoms in total. The third kappa shape index (κ3) is 2.51. The molecular weight excluding hydrogens is 250 g/mol. The Kier molecular flexibility index (Phi) is 3.33. The number of hydrogen-bond donors (Lipinski definition) is 2. The molecule has 92 valence electrons. The number of amides is 1. The number of nitrogens with zero attached hydrogens (tertiary/aromatic N) is 3. The second kappa shape index (κ2) is 4.92. The second-order valence-corrected chi connectivity index (χ2v) is 4.05. The zero-order valence-electron chi connectivity index (χ0n) is 9.62. The van der Waals surface area contributed by atoms with Gasteiger partial charge in [-0.1, -0.05) is 12.2 Å². The minimum Gasteiger partial charge on any atom is -0.389 e. The van der Waals surface area contributed by atoms with Gasteiger partial charge in [0.15, 0.2) is 0 Å². The lowest BCUT2D eigenvalue weighted by Gasteiger charge is -2.05. The third-order valence-corrected chi connectivity index (χ3v) is 2.56. The molecule has 0 spiro atoms. The van der Waals surface area contributed by atoms with Gasteiger partial charge in [0.2, 0.25) is 5.95 Å². The molecular formula is C11H11N5OS. The van der Waals surface area contributed by atoms with Crippen molar-refractivity contribution in [3.8, 4) is 0 Å². The van der Waals surface area contributed by atoms with Crippen LogP contribution in [0.1, 0.15) is 16.1 Å². The van der Waals surface area contributed by atoms with Crippen LogP contribution in [0.3, 0.4) is 0 Å². The number of rotatable bonds is 3. The maximum atomic E-state index is 11.9. The Morgan fingerprint density at radius 3 is 2.83 bits per heavy atom. The lowest BCUT2D eigenvalue weighted by molar-refractivity contribution is 0.102. The van der Waals surface area contributed by atoms with Gasteiger partial charge in [0, 0.05) is 31.2 Å². The number of thiocarbonyl (C=S) groups is 1. The van der Waals surface area contributed by atoms with Gasteiger partial charge in [-0.05, 0) is 12.1 Å². The largest absolute Gasteiger partial charge is 0.389 e. The van der Waals surface area contributed by atoms with Gasteiger partial charge in [0.1, 0.15) is 10.7 Å². The van der Waals surface area contributed by atoms with Crippen molar-refractivity contribution in [3.63, 3.8) is 0 Å². The van der Waals surface area contributed by atoms with Gasteiger partial charge < -0.3 is 10.3 Å². The molecule has 0 unspecified atom stereocenters. The fourth-order valence-corrected chi connectivity index (χ4v) is 1.49. The number of carbonyl (C=O) groups excluding carboxylic acids is 1. The Bertz CT molecular complexity index is 607. The average Bonchev–Trinajstić information content (AvgIpc) is 2.75. The number of anilines is 1. The summed E-state index contributed by atoms with van der Waals surface area (Å²) in [7, 11) is 1.78. The molecule has 2 aromatic heterocycles. The van der Waals surface area contributed by atoms with E-state index in [0.29, 0.717) is 11.5 Å². The summed E-state index contributed by atoms with van der Waals surface area (Å²) in [5, 5.41) is 2.64. The predicted octanol–water partition coefficient (Wildman–Crippen LogP) is 0.702. The summed E-state index contributed by atoms with van der Waals surface area (Å²) >= 11 is 4.85. The number of aromatic nitrogens is 3. The fraction of sp³-hybridized carbons (Fsp3) is 0.0909. The molecule has 0 fully saturated rings. The molecule has 18 heavy (non-hydrogen) atoms. The fourth-order valence-electron chi connectivity index (χ4n) is 1.36. The molecule has 0 atom stereocenters. The maximum Gasteiger partial charge on any atom is 0.276 e. The van der Waals surface area contributed by atoms with Crippen LogP contribution in [0.15, 0.2) is 30.7 Å². The minimum atomic E-state index is -0.359. The lowest BCUT2D eigenvalue weighted by atomic mass is 10.2. The maximum absolute atomic E-state index is 11.9. The van der Waals surface area contributed by atoms with Crippen LogP contribution in [-0.2, 0) is 7.05 Å². The van der Waals surface area contributed by atoms with E-state index < -0.39 is 0 Å². The number of aryl methyl sites for hydroxylation is 1. The second-order valence-electron chi connectivity index (χ2n) is 3.61. The average molecular weight is 261 g/mol. The standard InChI is InChI=1S/C11H11N5OS/c1-16-5-4-14-11(16)15-10(17)8-6-7(9(12)18)2-3-13-8/h2-6H,1H3,(H2,12,18)(H,14,15,17). The Morgan fingerprint density at radius 1 is 1.44 bits per heavy atom.